The maximum absolute atomic E-state index is 12.4. The third-order valence-corrected chi connectivity index (χ3v) is 4.20. The fraction of sp³-hybridized carbons (Fsp3) is 0.429. The zero-order valence-electron chi connectivity index (χ0n) is 10.6. The molecule has 5 heteroatoms. The van der Waals surface area contributed by atoms with E-state index in [-0.39, 0.29) is 11.8 Å². The molecule has 1 heterocycles. The Morgan fingerprint density at radius 3 is 2.63 bits per heavy atom. The van der Waals surface area contributed by atoms with Crippen LogP contribution in [0.4, 0.5) is 0 Å². The summed E-state index contributed by atoms with van der Waals surface area (Å²) in [6.45, 7) is 2.98. The molecule has 1 aromatic rings. The molecule has 0 N–H and O–H groups in total. The van der Waals surface area contributed by atoms with E-state index in [0.29, 0.717) is 28.7 Å². The Hall–Kier alpha value is -1.24. The zero-order valence-corrected chi connectivity index (χ0v) is 12.1. The maximum atomic E-state index is 12.4. The Kier molecular flexibility index (Phi) is 4.34. The molecular weight excluding hydrogens is 283 g/mol. The molecule has 1 aromatic carbocycles. The SMILES string of the molecule is Cc1c(Cl)cc(C(=O)N2CCC[C@@H](C#N)C2)cc1Cl. The summed E-state index contributed by atoms with van der Waals surface area (Å²) in [5.74, 6) is -0.183. The zero-order chi connectivity index (χ0) is 14.0. The number of piperidine rings is 1. The topological polar surface area (TPSA) is 44.1 Å². The van der Waals surface area contributed by atoms with Gasteiger partial charge >= 0.3 is 0 Å². The number of likely N-dealkylation sites (tertiary alicyclic amines) is 1. The summed E-state index contributed by atoms with van der Waals surface area (Å²) < 4.78 is 0. The van der Waals surface area contributed by atoms with E-state index >= 15 is 0 Å². The fourth-order valence-corrected chi connectivity index (χ4v) is 2.71. The number of nitriles is 1. The van der Waals surface area contributed by atoms with Crippen LogP contribution in [0.25, 0.3) is 0 Å². The van der Waals surface area contributed by atoms with E-state index in [4.69, 9.17) is 28.5 Å². The second-order valence-corrected chi connectivity index (χ2v) is 5.60. The van der Waals surface area contributed by atoms with Crippen LogP contribution >= 0.6 is 23.2 Å². The van der Waals surface area contributed by atoms with Crippen molar-refractivity contribution in [2.24, 2.45) is 5.92 Å². The minimum Gasteiger partial charge on any atom is -0.337 e. The van der Waals surface area contributed by atoms with E-state index in [2.05, 4.69) is 6.07 Å². The monoisotopic (exact) mass is 296 g/mol. The van der Waals surface area contributed by atoms with E-state index in [1.807, 2.05) is 6.92 Å². The molecule has 1 saturated heterocycles. The molecule has 2 rings (SSSR count). The van der Waals surface area contributed by atoms with Crippen molar-refractivity contribution in [2.45, 2.75) is 19.8 Å². The average Bonchev–Trinajstić information content (AvgIpc) is 2.43. The minimum absolute atomic E-state index is 0.0749. The number of nitrogens with zero attached hydrogens (tertiary/aromatic N) is 2. The number of hydrogen-bond acceptors (Lipinski definition) is 2. The van der Waals surface area contributed by atoms with Gasteiger partial charge in [0.25, 0.3) is 5.91 Å². The van der Waals surface area contributed by atoms with Crippen molar-refractivity contribution >= 4 is 29.1 Å². The van der Waals surface area contributed by atoms with Crippen molar-refractivity contribution < 1.29 is 4.79 Å². The molecule has 0 aliphatic carbocycles. The van der Waals surface area contributed by atoms with Crippen molar-refractivity contribution in [1.29, 1.82) is 5.26 Å². The highest BCUT2D eigenvalue weighted by molar-refractivity contribution is 6.36. The quantitative estimate of drug-likeness (QED) is 0.793. The van der Waals surface area contributed by atoms with Crippen LogP contribution in [0.2, 0.25) is 10.0 Å². The summed E-state index contributed by atoms with van der Waals surface area (Å²) >= 11 is 12.1. The van der Waals surface area contributed by atoms with E-state index in [1.54, 1.807) is 17.0 Å². The van der Waals surface area contributed by atoms with Crippen LogP contribution in [-0.4, -0.2) is 23.9 Å². The Labute approximate surface area is 122 Å². The third kappa shape index (κ3) is 3.02. The first kappa shape index (κ1) is 14.2. The van der Waals surface area contributed by atoms with Gasteiger partial charge in [-0.2, -0.15) is 5.26 Å². The van der Waals surface area contributed by atoms with Gasteiger partial charge in [0, 0.05) is 28.7 Å². The van der Waals surface area contributed by atoms with E-state index < -0.39 is 0 Å². The van der Waals surface area contributed by atoms with Crippen LogP contribution in [0.5, 0.6) is 0 Å². The molecule has 1 aliphatic rings. The largest absolute Gasteiger partial charge is 0.337 e. The van der Waals surface area contributed by atoms with Gasteiger partial charge in [-0.05, 0) is 37.5 Å². The van der Waals surface area contributed by atoms with E-state index in [9.17, 15) is 4.79 Å². The summed E-state index contributed by atoms with van der Waals surface area (Å²) in [4.78, 5) is 14.1. The van der Waals surface area contributed by atoms with Crippen molar-refractivity contribution in [3.05, 3.63) is 33.3 Å². The first-order valence-electron chi connectivity index (χ1n) is 6.17. The van der Waals surface area contributed by atoms with Gasteiger partial charge in [0.05, 0.1) is 12.0 Å². The summed E-state index contributed by atoms with van der Waals surface area (Å²) in [5, 5.41) is 9.94. The molecule has 3 nitrogen and oxygen atoms in total. The molecule has 0 aromatic heterocycles. The summed E-state index contributed by atoms with van der Waals surface area (Å²) in [5.41, 5.74) is 1.26. The van der Waals surface area contributed by atoms with Crippen molar-refractivity contribution in [1.82, 2.24) is 4.90 Å². The Balaban J connectivity index is 2.22. The molecule has 1 atom stereocenters. The fourth-order valence-electron chi connectivity index (χ4n) is 2.22. The predicted octanol–water partition coefficient (Wildman–Crippen LogP) is 3.68. The van der Waals surface area contributed by atoms with E-state index in [0.717, 1.165) is 18.4 Å². The Morgan fingerprint density at radius 2 is 2.05 bits per heavy atom. The lowest BCUT2D eigenvalue weighted by atomic mass is 9.99. The number of carbonyl (C=O) groups is 1. The molecule has 1 aliphatic heterocycles. The molecule has 0 unspecified atom stereocenters. The molecular formula is C14H14Cl2N2O. The van der Waals surface area contributed by atoms with Gasteiger partial charge in [-0.25, -0.2) is 0 Å². The van der Waals surface area contributed by atoms with Gasteiger partial charge in [0.2, 0.25) is 0 Å². The lowest BCUT2D eigenvalue weighted by Crippen LogP contribution is -2.39. The van der Waals surface area contributed by atoms with Gasteiger partial charge in [-0.1, -0.05) is 23.2 Å². The summed E-state index contributed by atoms with van der Waals surface area (Å²) in [7, 11) is 0. The number of hydrogen-bond donors (Lipinski definition) is 0. The highest BCUT2D eigenvalue weighted by Gasteiger charge is 2.24. The van der Waals surface area contributed by atoms with Gasteiger partial charge in [0.15, 0.2) is 0 Å². The summed E-state index contributed by atoms with van der Waals surface area (Å²) in [6, 6.07) is 5.51. The van der Waals surface area contributed by atoms with Crippen LogP contribution in [-0.2, 0) is 0 Å². The van der Waals surface area contributed by atoms with Crippen LogP contribution in [0, 0.1) is 24.2 Å². The number of halogens is 2. The molecule has 0 spiro atoms. The minimum atomic E-state index is -0.108. The Bertz CT molecular complexity index is 528. The van der Waals surface area contributed by atoms with Gasteiger partial charge in [-0.3, -0.25) is 4.79 Å². The second-order valence-electron chi connectivity index (χ2n) is 4.78. The maximum Gasteiger partial charge on any atom is 0.253 e. The Morgan fingerprint density at radius 1 is 1.42 bits per heavy atom. The molecule has 1 amide bonds. The lowest BCUT2D eigenvalue weighted by molar-refractivity contribution is 0.0699. The highest BCUT2D eigenvalue weighted by atomic mass is 35.5. The molecule has 0 radical (unpaired) electrons. The number of carbonyl (C=O) groups excluding carboxylic acids is 1. The summed E-state index contributed by atoms with van der Waals surface area (Å²) in [6.07, 6.45) is 1.72. The smallest absolute Gasteiger partial charge is 0.253 e. The van der Waals surface area contributed by atoms with Crippen LogP contribution in [0.1, 0.15) is 28.8 Å². The van der Waals surface area contributed by atoms with Gasteiger partial charge in [-0.15, -0.1) is 0 Å². The molecule has 19 heavy (non-hydrogen) atoms. The highest BCUT2D eigenvalue weighted by Crippen LogP contribution is 2.27. The van der Waals surface area contributed by atoms with Crippen LogP contribution in [0.15, 0.2) is 12.1 Å². The van der Waals surface area contributed by atoms with Crippen LogP contribution in [0.3, 0.4) is 0 Å². The standard InChI is InChI=1S/C14H14Cl2N2O/c1-9-12(15)5-11(6-13(9)16)14(19)18-4-2-3-10(7-17)8-18/h5-6,10H,2-4,8H2,1H3/t10-/m0/s1. The van der Waals surface area contributed by atoms with Crippen LogP contribution < -0.4 is 0 Å². The lowest BCUT2D eigenvalue weighted by Gasteiger charge is -2.29. The van der Waals surface area contributed by atoms with E-state index in [1.165, 1.54) is 0 Å². The first-order valence-corrected chi connectivity index (χ1v) is 6.93. The molecule has 0 saturated carbocycles. The van der Waals surface area contributed by atoms with Gasteiger partial charge in [0.1, 0.15) is 0 Å². The number of amides is 1. The first-order chi connectivity index (χ1) is 9.02. The average molecular weight is 297 g/mol. The van der Waals surface area contributed by atoms with Crippen molar-refractivity contribution in [3.8, 4) is 6.07 Å². The second kappa shape index (κ2) is 5.81. The molecule has 100 valence electrons. The predicted molar refractivity (Wildman–Crippen MR) is 75.4 cm³/mol. The normalized spacial score (nSPS) is 19.1. The number of benzene rings is 1. The van der Waals surface area contributed by atoms with Crippen molar-refractivity contribution in [2.75, 3.05) is 13.1 Å². The van der Waals surface area contributed by atoms with Crippen molar-refractivity contribution in [3.63, 3.8) is 0 Å². The number of rotatable bonds is 1. The molecule has 0 bridgehead atoms. The van der Waals surface area contributed by atoms with Gasteiger partial charge < -0.3 is 4.90 Å². The third-order valence-electron chi connectivity index (χ3n) is 3.42. The molecule has 1 fully saturated rings.